The highest BCUT2D eigenvalue weighted by Crippen LogP contribution is 2.42. The summed E-state index contributed by atoms with van der Waals surface area (Å²) in [5, 5.41) is 4.27. The van der Waals surface area contributed by atoms with Crippen molar-refractivity contribution in [3.63, 3.8) is 0 Å². The van der Waals surface area contributed by atoms with Crippen LogP contribution in [0.15, 0.2) is 40.9 Å². The lowest BCUT2D eigenvalue weighted by atomic mass is 10.0. The number of carbonyl (C=O) groups is 1. The van der Waals surface area contributed by atoms with Gasteiger partial charge in [0, 0.05) is 35.8 Å². The summed E-state index contributed by atoms with van der Waals surface area (Å²) < 4.78 is 47.9. The number of benzene rings is 2. The zero-order valence-corrected chi connectivity index (χ0v) is 23.3. The van der Waals surface area contributed by atoms with Gasteiger partial charge in [-0.25, -0.2) is 22.1 Å². The van der Waals surface area contributed by atoms with E-state index in [0.717, 1.165) is 22.3 Å². The van der Waals surface area contributed by atoms with Gasteiger partial charge in [-0.05, 0) is 62.6 Å². The summed E-state index contributed by atoms with van der Waals surface area (Å²) >= 11 is 6.15. The Labute approximate surface area is 230 Å². The van der Waals surface area contributed by atoms with Crippen LogP contribution in [-0.4, -0.2) is 52.7 Å². The van der Waals surface area contributed by atoms with E-state index < -0.39 is 21.9 Å². The predicted octanol–water partition coefficient (Wildman–Crippen LogP) is 5.18. The first-order chi connectivity index (χ1) is 18.5. The molecule has 0 radical (unpaired) electrons. The summed E-state index contributed by atoms with van der Waals surface area (Å²) in [5.41, 5.74) is 4.46. The predicted molar refractivity (Wildman–Crippen MR) is 146 cm³/mol. The number of hydrogen-bond acceptors (Lipinski definition) is 6. The third-order valence-electron chi connectivity index (χ3n) is 7.63. The van der Waals surface area contributed by atoms with Crippen molar-refractivity contribution in [2.75, 3.05) is 24.2 Å². The Balaban J connectivity index is 1.52. The van der Waals surface area contributed by atoms with Crippen LogP contribution in [0.4, 0.5) is 10.1 Å². The number of sulfonamides is 1. The lowest BCUT2D eigenvalue weighted by Gasteiger charge is -2.27. The van der Waals surface area contributed by atoms with Gasteiger partial charge in [-0.1, -0.05) is 22.8 Å². The van der Waals surface area contributed by atoms with Gasteiger partial charge in [0.05, 0.1) is 35.1 Å². The standard InChI is InChI=1S/C27H27ClFN5O4S/c1-15-26(16(2)38-31-15)17-4-5-23-22(10-17)30-27(34(23)20-8-9-32(14-20)39(3,36)37)24-6-7-25(35)33(24)21-12-18(28)11-19(29)13-21/h4-5,10-13,20,24H,6-9,14H2,1-3H3/t20-,24+/m1/s1. The topological polar surface area (TPSA) is 102 Å². The highest BCUT2D eigenvalue weighted by atomic mass is 35.5. The first kappa shape index (κ1) is 26.0. The highest BCUT2D eigenvalue weighted by molar-refractivity contribution is 7.88. The number of halogens is 2. The molecule has 4 heterocycles. The molecule has 4 aromatic rings. The fourth-order valence-electron chi connectivity index (χ4n) is 5.94. The zero-order chi connectivity index (χ0) is 27.6. The van der Waals surface area contributed by atoms with Gasteiger partial charge in [0.15, 0.2) is 0 Å². The lowest BCUT2D eigenvalue weighted by molar-refractivity contribution is -0.117. The molecule has 0 aliphatic carbocycles. The van der Waals surface area contributed by atoms with Gasteiger partial charge in [-0.15, -0.1) is 0 Å². The molecule has 2 aliphatic heterocycles. The molecule has 0 saturated carbocycles. The number of aromatic nitrogens is 3. The Bertz CT molecular complexity index is 1690. The molecule has 2 aromatic heterocycles. The van der Waals surface area contributed by atoms with Crippen molar-refractivity contribution >= 4 is 44.3 Å². The highest BCUT2D eigenvalue weighted by Gasteiger charge is 2.40. The van der Waals surface area contributed by atoms with E-state index in [9.17, 15) is 17.6 Å². The maximum atomic E-state index is 14.3. The maximum Gasteiger partial charge on any atom is 0.227 e. The first-order valence-corrected chi connectivity index (χ1v) is 14.9. The molecular formula is C27H27ClFN5O4S. The minimum Gasteiger partial charge on any atom is -0.361 e. The Morgan fingerprint density at radius 2 is 1.92 bits per heavy atom. The number of hydrogen-bond donors (Lipinski definition) is 0. The average molecular weight is 572 g/mol. The fraction of sp³-hybridized carbons (Fsp3) is 0.370. The van der Waals surface area contributed by atoms with Gasteiger partial charge < -0.3 is 14.0 Å². The van der Waals surface area contributed by atoms with E-state index >= 15 is 0 Å². The van der Waals surface area contributed by atoms with Gasteiger partial charge in [0.1, 0.15) is 17.4 Å². The Hall–Kier alpha value is -3.28. The van der Waals surface area contributed by atoms with Crippen LogP contribution in [0.5, 0.6) is 0 Å². The molecule has 204 valence electrons. The van der Waals surface area contributed by atoms with Crippen molar-refractivity contribution in [2.45, 2.75) is 45.2 Å². The van der Waals surface area contributed by atoms with Crippen molar-refractivity contribution in [1.29, 1.82) is 0 Å². The number of amides is 1. The molecule has 0 spiro atoms. The number of aryl methyl sites for hydroxylation is 2. The van der Waals surface area contributed by atoms with Gasteiger partial charge >= 0.3 is 0 Å². The van der Waals surface area contributed by atoms with Crippen LogP contribution in [-0.2, 0) is 14.8 Å². The second-order valence-electron chi connectivity index (χ2n) is 10.3. The summed E-state index contributed by atoms with van der Waals surface area (Å²) in [5.74, 6) is 0.642. The molecule has 6 rings (SSSR count). The summed E-state index contributed by atoms with van der Waals surface area (Å²) in [6.07, 6.45) is 2.56. The molecule has 1 amide bonds. The minimum atomic E-state index is -3.37. The van der Waals surface area contributed by atoms with E-state index in [0.29, 0.717) is 48.7 Å². The zero-order valence-electron chi connectivity index (χ0n) is 21.7. The molecule has 2 saturated heterocycles. The van der Waals surface area contributed by atoms with Crippen molar-refractivity contribution in [3.05, 3.63) is 64.5 Å². The largest absolute Gasteiger partial charge is 0.361 e. The molecule has 0 N–H and O–H groups in total. The minimum absolute atomic E-state index is 0.152. The van der Waals surface area contributed by atoms with E-state index in [1.807, 2.05) is 32.0 Å². The lowest BCUT2D eigenvalue weighted by Crippen LogP contribution is -2.31. The van der Waals surface area contributed by atoms with Gasteiger partial charge in [-0.3, -0.25) is 4.79 Å². The molecule has 2 fully saturated rings. The molecule has 0 bridgehead atoms. The summed E-state index contributed by atoms with van der Waals surface area (Å²) in [7, 11) is -3.37. The molecule has 2 aliphatic rings. The summed E-state index contributed by atoms with van der Waals surface area (Å²) in [6.45, 7) is 4.43. The Morgan fingerprint density at radius 1 is 1.13 bits per heavy atom. The third-order valence-corrected chi connectivity index (χ3v) is 9.12. The fourth-order valence-corrected chi connectivity index (χ4v) is 7.04. The van der Waals surface area contributed by atoms with E-state index in [4.69, 9.17) is 21.1 Å². The normalized spacial score (nSPS) is 20.5. The van der Waals surface area contributed by atoms with Crippen LogP contribution in [0.3, 0.4) is 0 Å². The molecule has 9 nitrogen and oxygen atoms in total. The quantitative estimate of drug-likeness (QED) is 0.327. The molecule has 0 unspecified atom stereocenters. The molecule has 12 heteroatoms. The smallest absolute Gasteiger partial charge is 0.227 e. The van der Waals surface area contributed by atoms with Crippen molar-refractivity contribution in [2.24, 2.45) is 0 Å². The molecule has 2 aromatic carbocycles. The van der Waals surface area contributed by atoms with Crippen LogP contribution in [0.1, 0.15) is 48.6 Å². The van der Waals surface area contributed by atoms with Gasteiger partial charge in [0.2, 0.25) is 15.9 Å². The van der Waals surface area contributed by atoms with Crippen molar-refractivity contribution < 1.29 is 22.1 Å². The van der Waals surface area contributed by atoms with Crippen LogP contribution in [0.25, 0.3) is 22.2 Å². The first-order valence-electron chi connectivity index (χ1n) is 12.7. The number of carbonyl (C=O) groups excluding carboxylic acids is 1. The Kier molecular flexibility index (Phi) is 6.28. The van der Waals surface area contributed by atoms with Crippen LogP contribution in [0.2, 0.25) is 5.02 Å². The van der Waals surface area contributed by atoms with Gasteiger partial charge in [-0.2, -0.15) is 0 Å². The van der Waals surface area contributed by atoms with E-state index in [1.54, 1.807) is 11.0 Å². The van der Waals surface area contributed by atoms with Crippen molar-refractivity contribution in [3.8, 4) is 11.1 Å². The van der Waals surface area contributed by atoms with Crippen molar-refractivity contribution in [1.82, 2.24) is 19.0 Å². The number of rotatable bonds is 5. The maximum absolute atomic E-state index is 14.3. The number of fused-ring (bicyclic) bond motifs is 1. The summed E-state index contributed by atoms with van der Waals surface area (Å²) in [4.78, 5) is 19.7. The van der Waals surface area contributed by atoms with E-state index in [2.05, 4.69) is 9.72 Å². The van der Waals surface area contributed by atoms with Crippen LogP contribution >= 0.6 is 11.6 Å². The van der Waals surface area contributed by atoms with Crippen LogP contribution in [0, 0.1) is 19.7 Å². The molecular weight excluding hydrogens is 545 g/mol. The number of nitrogens with zero attached hydrogens (tertiary/aromatic N) is 5. The Morgan fingerprint density at radius 3 is 2.59 bits per heavy atom. The summed E-state index contributed by atoms with van der Waals surface area (Å²) in [6, 6.07) is 9.32. The van der Waals surface area contributed by atoms with Crippen LogP contribution < -0.4 is 4.90 Å². The second-order valence-corrected chi connectivity index (χ2v) is 12.7. The molecule has 39 heavy (non-hydrogen) atoms. The third kappa shape index (κ3) is 4.52. The average Bonchev–Trinajstić information content (AvgIpc) is 3.62. The van der Waals surface area contributed by atoms with E-state index in [1.165, 1.54) is 22.7 Å². The van der Waals surface area contributed by atoms with E-state index in [-0.39, 0.29) is 23.4 Å². The monoisotopic (exact) mass is 571 g/mol. The second kappa shape index (κ2) is 9.42. The number of imidazole rings is 1. The molecule has 2 atom stereocenters. The SMILES string of the molecule is Cc1noc(C)c1-c1ccc2c(c1)nc([C@@H]1CCC(=O)N1c1cc(F)cc(Cl)c1)n2[C@@H]1CCN(S(C)(=O)=O)C1. The number of anilines is 1. The van der Waals surface area contributed by atoms with Gasteiger partial charge in [0.25, 0.3) is 0 Å².